The summed E-state index contributed by atoms with van der Waals surface area (Å²) in [5.74, 6) is 0.376. The molecule has 2 aliphatic carbocycles. The predicted octanol–water partition coefficient (Wildman–Crippen LogP) is 6.59. The van der Waals surface area contributed by atoms with Crippen LogP contribution in [0.3, 0.4) is 0 Å². The Morgan fingerprint density at radius 2 is 1.93 bits per heavy atom. The van der Waals surface area contributed by atoms with Gasteiger partial charge in [-0.1, -0.05) is 44.0 Å². The minimum Gasteiger partial charge on any atom is -0.372 e. The van der Waals surface area contributed by atoms with Gasteiger partial charge in [-0.2, -0.15) is 0 Å². The Balaban J connectivity index is 1.96. The number of carbonyl (C=O) groups is 1. The maximum atomic E-state index is 13.1. The number of ketones is 1. The summed E-state index contributed by atoms with van der Waals surface area (Å²) < 4.78 is 6.46. The van der Waals surface area contributed by atoms with Crippen LogP contribution in [-0.2, 0) is 9.53 Å². The number of thioether (sulfide) groups is 1. The van der Waals surface area contributed by atoms with Crippen molar-refractivity contribution in [1.29, 1.82) is 0 Å². The Morgan fingerprint density at radius 1 is 1.22 bits per heavy atom. The standard InChI is InChI=1S/C24H34O2S/c1-6-10-20(27-17-11-8-7-9-12-17)22-18-13-14-21(26-23(2,3)4)24(18,5)16-15-19(22)25/h7-9,11-12,20-21H,6,10,13-16H2,1-5H3/t20?,21-,24-/m0/s1. The van der Waals surface area contributed by atoms with Crippen molar-refractivity contribution < 1.29 is 9.53 Å². The van der Waals surface area contributed by atoms with E-state index < -0.39 is 0 Å². The van der Waals surface area contributed by atoms with Gasteiger partial charge in [0, 0.05) is 27.6 Å². The molecule has 1 unspecified atom stereocenters. The lowest BCUT2D eigenvalue weighted by Gasteiger charge is -2.41. The molecule has 0 spiro atoms. The van der Waals surface area contributed by atoms with Crippen LogP contribution in [0, 0.1) is 5.41 Å². The van der Waals surface area contributed by atoms with Crippen LogP contribution in [0.4, 0.5) is 0 Å². The average molecular weight is 387 g/mol. The van der Waals surface area contributed by atoms with Crippen molar-refractivity contribution in [3.05, 3.63) is 41.5 Å². The fourth-order valence-electron chi connectivity index (χ4n) is 4.68. The number of hydrogen-bond acceptors (Lipinski definition) is 3. The molecule has 148 valence electrons. The van der Waals surface area contributed by atoms with Crippen LogP contribution in [0.25, 0.3) is 0 Å². The first-order valence-corrected chi connectivity index (χ1v) is 11.3. The van der Waals surface area contributed by atoms with E-state index in [0.29, 0.717) is 12.2 Å². The Bertz CT molecular complexity index is 701. The van der Waals surface area contributed by atoms with Gasteiger partial charge >= 0.3 is 0 Å². The van der Waals surface area contributed by atoms with Gasteiger partial charge in [0.1, 0.15) is 0 Å². The molecular formula is C24H34O2S. The summed E-state index contributed by atoms with van der Waals surface area (Å²) in [7, 11) is 0. The smallest absolute Gasteiger partial charge is 0.160 e. The lowest BCUT2D eigenvalue weighted by Crippen LogP contribution is -2.40. The van der Waals surface area contributed by atoms with Crippen molar-refractivity contribution in [3.8, 4) is 0 Å². The molecule has 0 amide bonds. The third kappa shape index (κ3) is 4.51. The molecule has 1 aromatic carbocycles. The molecule has 0 radical (unpaired) electrons. The summed E-state index contributed by atoms with van der Waals surface area (Å²) in [6, 6.07) is 10.5. The molecule has 1 fully saturated rings. The van der Waals surface area contributed by atoms with E-state index in [1.165, 1.54) is 10.5 Å². The van der Waals surface area contributed by atoms with Crippen LogP contribution < -0.4 is 0 Å². The molecule has 1 aromatic rings. The van der Waals surface area contributed by atoms with Crippen molar-refractivity contribution in [1.82, 2.24) is 0 Å². The van der Waals surface area contributed by atoms with Crippen LogP contribution in [0.5, 0.6) is 0 Å². The van der Waals surface area contributed by atoms with Crippen LogP contribution >= 0.6 is 11.8 Å². The zero-order chi connectivity index (χ0) is 19.7. The Labute approximate surface area is 169 Å². The molecule has 0 saturated heterocycles. The van der Waals surface area contributed by atoms with E-state index >= 15 is 0 Å². The summed E-state index contributed by atoms with van der Waals surface area (Å²) in [6.45, 7) is 11.0. The second kappa shape index (κ2) is 8.13. The van der Waals surface area contributed by atoms with E-state index in [-0.39, 0.29) is 22.4 Å². The van der Waals surface area contributed by atoms with Crippen LogP contribution in [0.2, 0.25) is 0 Å². The first-order chi connectivity index (χ1) is 12.7. The summed E-state index contributed by atoms with van der Waals surface area (Å²) in [4.78, 5) is 14.3. The lowest BCUT2D eigenvalue weighted by atomic mass is 9.70. The molecule has 3 atom stereocenters. The van der Waals surface area contributed by atoms with Gasteiger partial charge in [-0.15, -0.1) is 11.8 Å². The van der Waals surface area contributed by atoms with Crippen molar-refractivity contribution in [2.45, 2.75) is 95.0 Å². The number of ether oxygens (including phenoxy) is 1. The molecule has 2 aliphatic rings. The van der Waals surface area contributed by atoms with Gasteiger partial charge in [-0.05, 0) is 58.6 Å². The first-order valence-electron chi connectivity index (χ1n) is 10.4. The number of Topliss-reactive ketones (excluding diaryl/α,β-unsaturated/α-hetero) is 1. The topological polar surface area (TPSA) is 26.3 Å². The predicted molar refractivity (Wildman–Crippen MR) is 114 cm³/mol. The average Bonchev–Trinajstić information content (AvgIpc) is 2.91. The quantitative estimate of drug-likeness (QED) is 0.516. The van der Waals surface area contributed by atoms with E-state index in [4.69, 9.17) is 4.74 Å². The Hall–Kier alpha value is -1.06. The fraction of sp³-hybridized carbons (Fsp3) is 0.625. The van der Waals surface area contributed by atoms with Gasteiger partial charge in [-0.25, -0.2) is 0 Å². The number of fused-ring (bicyclic) bond motifs is 1. The second-order valence-corrected chi connectivity index (χ2v) is 10.5. The zero-order valence-corrected chi connectivity index (χ0v) is 18.3. The molecule has 0 aromatic heterocycles. The van der Waals surface area contributed by atoms with Crippen molar-refractivity contribution in [2.24, 2.45) is 5.41 Å². The van der Waals surface area contributed by atoms with Crippen molar-refractivity contribution >= 4 is 17.5 Å². The molecule has 3 rings (SSSR count). The van der Waals surface area contributed by atoms with E-state index in [1.807, 2.05) is 11.8 Å². The monoisotopic (exact) mass is 386 g/mol. The first kappa shape index (κ1) is 20.7. The highest BCUT2D eigenvalue weighted by atomic mass is 32.2. The van der Waals surface area contributed by atoms with Gasteiger partial charge in [0.2, 0.25) is 0 Å². The fourth-order valence-corrected chi connectivity index (χ4v) is 6.07. The van der Waals surface area contributed by atoms with Crippen LogP contribution in [-0.4, -0.2) is 22.7 Å². The summed E-state index contributed by atoms with van der Waals surface area (Å²) in [5.41, 5.74) is 2.39. The number of benzene rings is 1. The maximum absolute atomic E-state index is 13.1. The Morgan fingerprint density at radius 3 is 2.56 bits per heavy atom. The minimum absolute atomic E-state index is 0.0137. The number of hydrogen-bond donors (Lipinski definition) is 0. The Kier molecular flexibility index (Phi) is 6.22. The number of carbonyl (C=O) groups excluding carboxylic acids is 1. The second-order valence-electron chi connectivity index (χ2n) is 9.20. The third-order valence-electron chi connectivity index (χ3n) is 5.94. The number of rotatable bonds is 6. The van der Waals surface area contributed by atoms with Gasteiger partial charge < -0.3 is 4.74 Å². The third-order valence-corrected chi connectivity index (χ3v) is 7.24. The summed E-state index contributed by atoms with van der Waals surface area (Å²) in [6.07, 6.45) is 6.00. The van der Waals surface area contributed by atoms with Gasteiger partial charge in [0.25, 0.3) is 0 Å². The van der Waals surface area contributed by atoms with Crippen LogP contribution in [0.1, 0.15) is 73.1 Å². The van der Waals surface area contributed by atoms with Gasteiger partial charge in [0.05, 0.1) is 11.7 Å². The molecule has 1 saturated carbocycles. The highest BCUT2D eigenvalue weighted by Gasteiger charge is 2.50. The maximum Gasteiger partial charge on any atom is 0.160 e. The lowest BCUT2D eigenvalue weighted by molar-refractivity contribution is -0.120. The van der Waals surface area contributed by atoms with Crippen molar-refractivity contribution in [3.63, 3.8) is 0 Å². The minimum atomic E-state index is -0.146. The SMILES string of the molecule is CCCC(Sc1ccccc1)C1=C2CC[C@H](OC(C)(C)C)[C@@]2(C)CCC1=O. The molecule has 0 bridgehead atoms. The molecule has 0 aliphatic heterocycles. The molecular weight excluding hydrogens is 352 g/mol. The molecule has 0 heterocycles. The zero-order valence-electron chi connectivity index (χ0n) is 17.5. The van der Waals surface area contributed by atoms with Gasteiger partial charge in [0.15, 0.2) is 5.78 Å². The van der Waals surface area contributed by atoms with Crippen LogP contribution in [0.15, 0.2) is 46.4 Å². The largest absolute Gasteiger partial charge is 0.372 e. The summed E-state index contributed by atoms with van der Waals surface area (Å²) in [5, 5.41) is 0.257. The molecule has 0 N–H and O–H groups in total. The highest BCUT2D eigenvalue weighted by molar-refractivity contribution is 8.00. The highest BCUT2D eigenvalue weighted by Crippen LogP contribution is 2.54. The molecule has 3 heteroatoms. The van der Waals surface area contributed by atoms with E-state index in [1.54, 1.807) is 0 Å². The van der Waals surface area contributed by atoms with E-state index in [2.05, 4.69) is 65.0 Å². The van der Waals surface area contributed by atoms with E-state index in [9.17, 15) is 4.79 Å². The molecule has 27 heavy (non-hydrogen) atoms. The van der Waals surface area contributed by atoms with E-state index in [0.717, 1.165) is 37.7 Å². The summed E-state index contributed by atoms with van der Waals surface area (Å²) >= 11 is 1.87. The van der Waals surface area contributed by atoms with Gasteiger partial charge in [-0.3, -0.25) is 4.79 Å². The normalized spacial score (nSPS) is 27.0. The van der Waals surface area contributed by atoms with Crippen molar-refractivity contribution in [2.75, 3.05) is 0 Å². The molecule has 2 nitrogen and oxygen atoms in total.